The molecule has 2 nitrogen and oxygen atoms in total. The molecule has 18 heavy (non-hydrogen) atoms. The molecule has 1 aliphatic carbocycles. The third kappa shape index (κ3) is 3.34. The molecule has 0 spiro atoms. The maximum absolute atomic E-state index is 12.9. The van der Waals surface area contributed by atoms with Crippen LogP contribution < -0.4 is 11.1 Å². The van der Waals surface area contributed by atoms with E-state index in [0.29, 0.717) is 11.4 Å². The van der Waals surface area contributed by atoms with Crippen molar-refractivity contribution in [3.63, 3.8) is 0 Å². The zero-order valence-corrected chi connectivity index (χ0v) is 10.6. The van der Waals surface area contributed by atoms with Crippen LogP contribution in [-0.2, 0) is 0 Å². The summed E-state index contributed by atoms with van der Waals surface area (Å²) in [6.07, 6.45) is 2.09. The molecular formula is C14H20F2N2. The highest BCUT2D eigenvalue weighted by molar-refractivity contribution is 5.59. The van der Waals surface area contributed by atoms with Crippen molar-refractivity contribution in [3.05, 3.63) is 23.8 Å². The van der Waals surface area contributed by atoms with Gasteiger partial charge in [0.15, 0.2) is 0 Å². The van der Waals surface area contributed by atoms with Gasteiger partial charge in [0.05, 0.1) is 0 Å². The summed E-state index contributed by atoms with van der Waals surface area (Å²) in [6, 6.07) is 4.96. The zero-order chi connectivity index (χ0) is 13.1. The molecule has 0 heterocycles. The van der Waals surface area contributed by atoms with Crippen LogP contribution in [0.4, 0.5) is 20.2 Å². The lowest BCUT2D eigenvalue weighted by Gasteiger charge is -2.20. The molecule has 0 bridgehead atoms. The molecule has 1 fully saturated rings. The van der Waals surface area contributed by atoms with Gasteiger partial charge in [-0.1, -0.05) is 19.8 Å². The summed E-state index contributed by atoms with van der Waals surface area (Å²) in [6.45, 7) is 2.08. The van der Waals surface area contributed by atoms with Gasteiger partial charge < -0.3 is 11.1 Å². The Labute approximate surface area is 107 Å². The number of nitrogens with two attached hydrogens (primary N) is 1. The summed E-state index contributed by atoms with van der Waals surface area (Å²) in [7, 11) is 0. The van der Waals surface area contributed by atoms with Crippen LogP contribution in [0.15, 0.2) is 18.2 Å². The minimum Gasteiger partial charge on any atom is -0.399 e. The standard InChI is InChI=1S/C14H20F2N2/c1-2-11(7-9-3-4-9)18-13-6-5-10(17)8-12(13)14(15)16/h5-6,8-9,11,14,18H,2-4,7,17H2,1H3. The molecule has 0 radical (unpaired) electrons. The molecule has 0 aromatic heterocycles. The predicted octanol–water partition coefficient (Wildman–Crippen LogP) is 4.20. The van der Waals surface area contributed by atoms with Gasteiger partial charge in [-0.3, -0.25) is 0 Å². The van der Waals surface area contributed by atoms with Gasteiger partial charge in [-0.05, 0) is 37.0 Å². The Hall–Kier alpha value is -1.32. The van der Waals surface area contributed by atoms with Gasteiger partial charge in [0.1, 0.15) is 0 Å². The van der Waals surface area contributed by atoms with E-state index < -0.39 is 6.43 Å². The maximum Gasteiger partial charge on any atom is 0.265 e. The zero-order valence-electron chi connectivity index (χ0n) is 10.6. The Kier molecular flexibility index (Phi) is 4.04. The van der Waals surface area contributed by atoms with Crippen molar-refractivity contribution >= 4 is 11.4 Å². The number of nitrogens with one attached hydrogen (secondary N) is 1. The number of rotatable bonds is 6. The first-order valence-corrected chi connectivity index (χ1v) is 6.54. The van der Waals surface area contributed by atoms with Crippen molar-refractivity contribution in [2.24, 2.45) is 5.92 Å². The second-order valence-electron chi connectivity index (χ2n) is 5.08. The normalized spacial score (nSPS) is 16.9. The maximum atomic E-state index is 12.9. The van der Waals surface area contributed by atoms with Crippen molar-refractivity contribution in [1.29, 1.82) is 0 Å². The van der Waals surface area contributed by atoms with Crippen LogP contribution in [0.3, 0.4) is 0 Å². The molecule has 2 rings (SSSR count). The lowest BCUT2D eigenvalue weighted by atomic mass is 10.1. The number of nitrogen functional groups attached to an aromatic ring is 1. The number of hydrogen-bond acceptors (Lipinski definition) is 2. The summed E-state index contributed by atoms with van der Waals surface area (Å²) in [5.74, 6) is 0.784. The molecule has 0 saturated heterocycles. The molecular weight excluding hydrogens is 234 g/mol. The summed E-state index contributed by atoms with van der Waals surface area (Å²) < 4.78 is 25.9. The average molecular weight is 254 g/mol. The van der Waals surface area contributed by atoms with Gasteiger partial charge in [-0.2, -0.15) is 0 Å². The van der Waals surface area contributed by atoms with E-state index in [-0.39, 0.29) is 11.6 Å². The van der Waals surface area contributed by atoms with E-state index in [0.717, 1.165) is 18.8 Å². The van der Waals surface area contributed by atoms with Gasteiger partial charge in [0, 0.05) is 23.0 Å². The third-order valence-corrected chi connectivity index (χ3v) is 3.48. The van der Waals surface area contributed by atoms with Gasteiger partial charge >= 0.3 is 0 Å². The molecule has 1 unspecified atom stereocenters. The Morgan fingerprint density at radius 1 is 1.39 bits per heavy atom. The molecule has 3 N–H and O–H groups in total. The average Bonchev–Trinajstić information content (AvgIpc) is 3.14. The topological polar surface area (TPSA) is 38.0 Å². The quantitative estimate of drug-likeness (QED) is 0.747. The monoisotopic (exact) mass is 254 g/mol. The minimum absolute atomic E-state index is 0.00393. The highest BCUT2D eigenvalue weighted by Gasteiger charge is 2.25. The van der Waals surface area contributed by atoms with Crippen LogP contribution >= 0.6 is 0 Å². The van der Waals surface area contributed by atoms with Crippen molar-refractivity contribution in [2.75, 3.05) is 11.1 Å². The smallest absolute Gasteiger partial charge is 0.265 e. The SMILES string of the molecule is CCC(CC1CC1)Nc1ccc(N)cc1C(F)F. The fourth-order valence-corrected chi connectivity index (χ4v) is 2.20. The van der Waals surface area contributed by atoms with Crippen molar-refractivity contribution in [2.45, 2.75) is 45.1 Å². The Morgan fingerprint density at radius 3 is 2.67 bits per heavy atom. The number of halogens is 2. The fourth-order valence-electron chi connectivity index (χ4n) is 2.20. The van der Waals surface area contributed by atoms with Crippen LogP contribution in [0, 0.1) is 5.92 Å². The first kappa shape index (κ1) is 13.1. The van der Waals surface area contributed by atoms with Crippen LogP contribution in [0.2, 0.25) is 0 Å². The van der Waals surface area contributed by atoms with Gasteiger partial charge in [-0.25, -0.2) is 8.78 Å². The molecule has 0 aliphatic heterocycles. The molecule has 4 heteroatoms. The Bertz CT molecular complexity index is 403. The number of anilines is 2. The van der Waals surface area contributed by atoms with E-state index >= 15 is 0 Å². The molecule has 1 aliphatic rings. The lowest BCUT2D eigenvalue weighted by molar-refractivity contribution is 0.152. The minimum atomic E-state index is -2.49. The summed E-state index contributed by atoms with van der Waals surface area (Å²) in [4.78, 5) is 0. The third-order valence-electron chi connectivity index (χ3n) is 3.48. The molecule has 0 amide bonds. The first-order valence-electron chi connectivity index (χ1n) is 6.54. The lowest BCUT2D eigenvalue weighted by Crippen LogP contribution is -2.20. The Balaban J connectivity index is 2.10. The number of benzene rings is 1. The molecule has 1 saturated carbocycles. The summed E-state index contributed by atoms with van der Waals surface area (Å²) in [5.41, 5.74) is 6.46. The fraction of sp³-hybridized carbons (Fsp3) is 0.571. The molecule has 1 aromatic carbocycles. The van der Waals surface area contributed by atoms with Crippen LogP contribution in [0.5, 0.6) is 0 Å². The first-order chi connectivity index (χ1) is 8.60. The van der Waals surface area contributed by atoms with Crippen LogP contribution in [0.1, 0.15) is 44.6 Å². The van der Waals surface area contributed by atoms with Crippen molar-refractivity contribution in [1.82, 2.24) is 0 Å². The van der Waals surface area contributed by atoms with E-state index in [1.165, 1.54) is 18.9 Å². The summed E-state index contributed by atoms with van der Waals surface area (Å²) >= 11 is 0. The largest absolute Gasteiger partial charge is 0.399 e. The van der Waals surface area contributed by atoms with Gasteiger partial charge in [0.2, 0.25) is 0 Å². The van der Waals surface area contributed by atoms with Crippen molar-refractivity contribution in [3.8, 4) is 0 Å². The highest BCUT2D eigenvalue weighted by atomic mass is 19.3. The number of hydrogen-bond donors (Lipinski definition) is 2. The highest BCUT2D eigenvalue weighted by Crippen LogP contribution is 2.36. The summed E-state index contributed by atoms with van der Waals surface area (Å²) in [5, 5.41) is 3.24. The second-order valence-corrected chi connectivity index (χ2v) is 5.08. The van der Waals surface area contributed by atoms with E-state index in [1.807, 2.05) is 0 Å². The molecule has 1 atom stereocenters. The van der Waals surface area contributed by atoms with E-state index in [4.69, 9.17) is 5.73 Å². The van der Waals surface area contributed by atoms with E-state index in [9.17, 15) is 8.78 Å². The van der Waals surface area contributed by atoms with E-state index in [2.05, 4.69) is 12.2 Å². The van der Waals surface area contributed by atoms with Gasteiger partial charge in [-0.15, -0.1) is 0 Å². The van der Waals surface area contributed by atoms with Crippen LogP contribution in [-0.4, -0.2) is 6.04 Å². The molecule has 1 aromatic rings. The van der Waals surface area contributed by atoms with Crippen LogP contribution in [0.25, 0.3) is 0 Å². The Morgan fingerprint density at radius 2 is 2.11 bits per heavy atom. The van der Waals surface area contributed by atoms with Gasteiger partial charge in [0.25, 0.3) is 6.43 Å². The van der Waals surface area contributed by atoms with Crippen molar-refractivity contribution < 1.29 is 8.78 Å². The molecule has 100 valence electrons. The van der Waals surface area contributed by atoms with E-state index in [1.54, 1.807) is 12.1 Å². The number of alkyl halides is 2. The predicted molar refractivity (Wildman–Crippen MR) is 70.9 cm³/mol. The second kappa shape index (κ2) is 5.55.